The van der Waals surface area contributed by atoms with Crippen molar-refractivity contribution < 1.29 is 18.7 Å². The van der Waals surface area contributed by atoms with Gasteiger partial charge in [-0.1, -0.05) is 42.5 Å². The van der Waals surface area contributed by atoms with Crippen molar-refractivity contribution in [1.82, 2.24) is 4.90 Å². The van der Waals surface area contributed by atoms with Gasteiger partial charge >= 0.3 is 0 Å². The molecule has 1 heterocycles. The predicted octanol–water partition coefficient (Wildman–Crippen LogP) is 4.40. The molecular formula is C26H26FN3O3. The Morgan fingerprint density at radius 3 is 2.27 bits per heavy atom. The zero-order chi connectivity index (χ0) is 23.2. The van der Waals surface area contributed by atoms with E-state index >= 15 is 0 Å². The second-order valence-electron chi connectivity index (χ2n) is 7.91. The second kappa shape index (κ2) is 10.4. The van der Waals surface area contributed by atoms with Crippen LogP contribution in [0.3, 0.4) is 0 Å². The number of carbonyl (C=O) groups is 2. The SMILES string of the molecule is C[C@H](C(=O)Nc1cc(NC(=O)c2ccc(-c3ccccc3)cc2)ccc1F)N1CCOCC1. The highest BCUT2D eigenvalue weighted by Crippen LogP contribution is 2.23. The fourth-order valence-corrected chi connectivity index (χ4v) is 3.71. The first kappa shape index (κ1) is 22.6. The van der Waals surface area contributed by atoms with Gasteiger partial charge in [-0.2, -0.15) is 0 Å². The number of halogens is 1. The van der Waals surface area contributed by atoms with Crippen LogP contribution >= 0.6 is 0 Å². The molecule has 0 bridgehead atoms. The van der Waals surface area contributed by atoms with Crippen LogP contribution in [0, 0.1) is 5.82 Å². The van der Waals surface area contributed by atoms with E-state index in [1.807, 2.05) is 47.4 Å². The lowest BCUT2D eigenvalue weighted by molar-refractivity contribution is -0.122. The maximum atomic E-state index is 14.3. The lowest BCUT2D eigenvalue weighted by Crippen LogP contribution is -2.47. The highest BCUT2D eigenvalue weighted by Gasteiger charge is 2.24. The van der Waals surface area contributed by atoms with Gasteiger partial charge in [0.05, 0.1) is 24.9 Å². The molecule has 7 heteroatoms. The third-order valence-corrected chi connectivity index (χ3v) is 5.71. The molecule has 33 heavy (non-hydrogen) atoms. The normalized spacial score (nSPS) is 15.0. The Bertz CT molecular complexity index is 1110. The summed E-state index contributed by atoms with van der Waals surface area (Å²) in [6, 6.07) is 20.8. The number of nitrogens with one attached hydrogen (secondary N) is 2. The molecule has 0 unspecified atom stereocenters. The summed E-state index contributed by atoms with van der Waals surface area (Å²) in [6.07, 6.45) is 0. The Morgan fingerprint density at radius 2 is 1.58 bits per heavy atom. The molecule has 1 fully saturated rings. The van der Waals surface area contributed by atoms with Gasteiger partial charge in [-0.15, -0.1) is 0 Å². The van der Waals surface area contributed by atoms with E-state index in [-0.39, 0.29) is 17.5 Å². The Balaban J connectivity index is 1.42. The van der Waals surface area contributed by atoms with Crippen molar-refractivity contribution in [3.8, 4) is 11.1 Å². The van der Waals surface area contributed by atoms with Gasteiger partial charge < -0.3 is 15.4 Å². The van der Waals surface area contributed by atoms with Crippen LogP contribution in [0.25, 0.3) is 11.1 Å². The van der Waals surface area contributed by atoms with Crippen molar-refractivity contribution >= 4 is 23.2 Å². The number of morpholine rings is 1. The smallest absolute Gasteiger partial charge is 0.255 e. The fraction of sp³-hybridized carbons (Fsp3) is 0.231. The number of anilines is 2. The average molecular weight is 448 g/mol. The standard InChI is InChI=1S/C26H26FN3O3/c1-18(30-13-15-33-16-14-30)25(31)29-24-17-22(11-12-23(24)27)28-26(32)21-9-7-20(8-10-21)19-5-3-2-4-6-19/h2-12,17-18H,13-16H2,1H3,(H,28,32)(H,29,31)/t18-/m1/s1. The van der Waals surface area contributed by atoms with E-state index in [2.05, 4.69) is 10.6 Å². The summed E-state index contributed by atoms with van der Waals surface area (Å²) in [7, 11) is 0. The lowest BCUT2D eigenvalue weighted by atomic mass is 10.0. The summed E-state index contributed by atoms with van der Waals surface area (Å²) < 4.78 is 19.7. The monoisotopic (exact) mass is 447 g/mol. The van der Waals surface area contributed by atoms with Crippen molar-refractivity contribution in [1.29, 1.82) is 0 Å². The molecule has 2 amide bonds. The summed E-state index contributed by atoms with van der Waals surface area (Å²) in [5, 5.41) is 5.41. The molecule has 3 aromatic rings. The minimum Gasteiger partial charge on any atom is -0.379 e. The topological polar surface area (TPSA) is 70.7 Å². The largest absolute Gasteiger partial charge is 0.379 e. The highest BCUT2D eigenvalue weighted by atomic mass is 19.1. The number of amides is 2. The molecule has 0 aromatic heterocycles. The molecule has 0 spiro atoms. The molecule has 1 saturated heterocycles. The van der Waals surface area contributed by atoms with Crippen LogP contribution in [-0.4, -0.2) is 49.1 Å². The van der Waals surface area contributed by atoms with E-state index in [1.165, 1.54) is 18.2 Å². The van der Waals surface area contributed by atoms with Crippen LogP contribution in [0.5, 0.6) is 0 Å². The predicted molar refractivity (Wildman–Crippen MR) is 127 cm³/mol. The minimum atomic E-state index is -0.567. The van der Waals surface area contributed by atoms with Crippen molar-refractivity contribution in [2.75, 3.05) is 36.9 Å². The van der Waals surface area contributed by atoms with Gasteiger partial charge in [0.1, 0.15) is 5.82 Å². The molecule has 6 nitrogen and oxygen atoms in total. The molecule has 1 aliphatic heterocycles. The Kier molecular flexibility index (Phi) is 7.12. The Labute approximate surface area is 192 Å². The van der Waals surface area contributed by atoms with Gasteiger partial charge in [0.25, 0.3) is 5.91 Å². The molecule has 0 saturated carbocycles. The zero-order valence-electron chi connectivity index (χ0n) is 18.4. The van der Waals surface area contributed by atoms with E-state index in [0.29, 0.717) is 37.6 Å². The Hall–Kier alpha value is -3.55. The summed E-state index contributed by atoms with van der Waals surface area (Å²) >= 11 is 0. The quantitative estimate of drug-likeness (QED) is 0.588. The van der Waals surface area contributed by atoms with Crippen molar-refractivity contribution in [2.24, 2.45) is 0 Å². The van der Waals surface area contributed by atoms with E-state index in [4.69, 9.17) is 4.74 Å². The minimum absolute atomic E-state index is 0.0253. The van der Waals surface area contributed by atoms with Crippen LogP contribution in [0.1, 0.15) is 17.3 Å². The van der Waals surface area contributed by atoms with Crippen molar-refractivity contribution in [2.45, 2.75) is 13.0 Å². The molecule has 170 valence electrons. The van der Waals surface area contributed by atoms with Gasteiger partial charge in [0, 0.05) is 24.3 Å². The van der Waals surface area contributed by atoms with Gasteiger partial charge in [0.2, 0.25) is 5.91 Å². The molecule has 1 aliphatic rings. The van der Waals surface area contributed by atoms with Crippen LogP contribution in [0.4, 0.5) is 15.8 Å². The second-order valence-corrected chi connectivity index (χ2v) is 7.91. The molecule has 3 aromatic carbocycles. The first-order valence-electron chi connectivity index (χ1n) is 10.9. The number of ether oxygens (including phenoxy) is 1. The third kappa shape index (κ3) is 5.63. The zero-order valence-corrected chi connectivity index (χ0v) is 18.4. The van der Waals surface area contributed by atoms with Crippen molar-refractivity contribution in [3.63, 3.8) is 0 Å². The summed E-state index contributed by atoms with van der Waals surface area (Å²) in [5.41, 5.74) is 2.97. The van der Waals surface area contributed by atoms with Crippen LogP contribution in [-0.2, 0) is 9.53 Å². The lowest BCUT2D eigenvalue weighted by Gasteiger charge is -2.31. The molecule has 4 rings (SSSR count). The van der Waals surface area contributed by atoms with E-state index in [9.17, 15) is 14.0 Å². The first-order chi connectivity index (χ1) is 16.0. The number of nitrogens with zero attached hydrogens (tertiary/aromatic N) is 1. The van der Waals surface area contributed by atoms with Gasteiger partial charge in [-0.05, 0) is 48.4 Å². The van der Waals surface area contributed by atoms with E-state index < -0.39 is 11.9 Å². The molecule has 0 aliphatic carbocycles. The molecular weight excluding hydrogens is 421 g/mol. The summed E-state index contributed by atoms with van der Waals surface area (Å²) in [6.45, 7) is 4.22. The first-order valence-corrected chi connectivity index (χ1v) is 10.9. The number of hydrogen-bond acceptors (Lipinski definition) is 4. The number of hydrogen-bond donors (Lipinski definition) is 2. The number of rotatable bonds is 6. The Morgan fingerprint density at radius 1 is 0.909 bits per heavy atom. The van der Waals surface area contributed by atoms with Crippen molar-refractivity contribution in [3.05, 3.63) is 84.2 Å². The number of benzene rings is 3. The average Bonchev–Trinajstić information content (AvgIpc) is 2.86. The molecule has 0 radical (unpaired) electrons. The third-order valence-electron chi connectivity index (χ3n) is 5.71. The van der Waals surface area contributed by atoms with Gasteiger partial charge in [-0.3, -0.25) is 14.5 Å². The summed E-state index contributed by atoms with van der Waals surface area (Å²) in [5.74, 6) is -1.20. The van der Waals surface area contributed by atoms with Crippen LogP contribution < -0.4 is 10.6 Å². The van der Waals surface area contributed by atoms with Gasteiger partial charge in [0.15, 0.2) is 0 Å². The summed E-state index contributed by atoms with van der Waals surface area (Å²) in [4.78, 5) is 27.3. The van der Waals surface area contributed by atoms with E-state index in [1.54, 1.807) is 19.1 Å². The highest BCUT2D eigenvalue weighted by molar-refractivity contribution is 6.05. The van der Waals surface area contributed by atoms with Crippen LogP contribution in [0.15, 0.2) is 72.8 Å². The van der Waals surface area contributed by atoms with Crippen LogP contribution in [0.2, 0.25) is 0 Å². The molecule has 2 N–H and O–H groups in total. The number of carbonyl (C=O) groups excluding carboxylic acids is 2. The fourth-order valence-electron chi connectivity index (χ4n) is 3.71. The molecule has 1 atom stereocenters. The maximum Gasteiger partial charge on any atom is 0.255 e. The van der Waals surface area contributed by atoms with E-state index in [0.717, 1.165) is 11.1 Å². The van der Waals surface area contributed by atoms with Gasteiger partial charge in [-0.25, -0.2) is 4.39 Å². The maximum absolute atomic E-state index is 14.3.